The van der Waals surface area contributed by atoms with Gasteiger partial charge < -0.3 is 10.2 Å². The topological polar surface area (TPSA) is 86.1 Å². The number of aromatic nitrogens is 1. The van der Waals surface area contributed by atoms with Gasteiger partial charge >= 0.3 is 6.18 Å². The van der Waals surface area contributed by atoms with Crippen molar-refractivity contribution in [2.45, 2.75) is 24.2 Å². The van der Waals surface area contributed by atoms with Gasteiger partial charge in [0.2, 0.25) is 0 Å². The number of nitrogens with zero attached hydrogens (tertiary/aromatic N) is 3. The summed E-state index contributed by atoms with van der Waals surface area (Å²) in [6.45, 7) is 4.41. The van der Waals surface area contributed by atoms with E-state index in [2.05, 4.69) is 22.9 Å². The fourth-order valence-corrected chi connectivity index (χ4v) is 4.38. The van der Waals surface area contributed by atoms with Crippen LogP contribution in [0.4, 0.5) is 13.2 Å². The predicted octanol–water partition coefficient (Wildman–Crippen LogP) is 5.32. The van der Waals surface area contributed by atoms with Gasteiger partial charge in [-0.25, -0.2) is 0 Å². The molecule has 198 valence electrons. The average molecular weight is 549 g/mol. The van der Waals surface area contributed by atoms with Crippen molar-refractivity contribution in [2.75, 3.05) is 6.26 Å². The normalized spacial score (nSPS) is 14.2. The number of allylic oxidation sites excluding steroid dienone is 1. The second-order valence-corrected chi connectivity index (χ2v) is 10.1. The van der Waals surface area contributed by atoms with E-state index in [9.17, 15) is 22.2 Å². The molecular weight excluding hydrogens is 525 g/mol. The summed E-state index contributed by atoms with van der Waals surface area (Å²) < 4.78 is 51.8. The van der Waals surface area contributed by atoms with Crippen molar-refractivity contribution in [3.05, 3.63) is 125 Å². The molecule has 1 aromatic heterocycles. The summed E-state index contributed by atoms with van der Waals surface area (Å²) in [6, 6.07) is 17.1. The van der Waals surface area contributed by atoms with Crippen LogP contribution in [-0.2, 0) is 34.9 Å². The SMILES string of the molecule is C=C1C(C(=O)NCc2ccc(S(C)=O)cn2)=CN(Cc2ccc(C#N)cc2)C=C1c1cccc(C(F)(F)F)c1. The fourth-order valence-electron chi connectivity index (χ4n) is 3.92. The maximum atomic E-state index is 13.4. The van der Waals surface area contributed by atoms with Crippen LogP contribution in [0.25, 0.3) is 5.57 Å². The molecule has 39 heavy (non-hydrogen) atoms. The highest BCUT2D eigenvalue weighted by Gasteiger charge is 2.31. The highest BCUT2D eigenvalue weighted by atomic mass is 32.2. The fraction of sp³-hybridized carbons (Fsp3) is 0.138. The minimum Gasteiger partial charge on any atom is -0.348 e. The molecule has 6 nitrogen and oxygen atoms in total. The molecule has 1 unspecified atom stereocenters. The molecule has 3 aromatic rings. The van der Waals surface area contributed by atoms with Gasteiger partial charge in [-0.2, -0.15) is 18.4 Å². The van der Waals surface area contributed by atoms with E-state index in [-0.39, 0.29) is 23.3 Å². The molecule has 0 spiro atoms. The Balaban J connectivity index is 1.63. The number of benzene rings is 2. The Kier molecular flexibility index (Phi) is 8.12. The predicted molar refractivity (Wildman–Crippen MR) is 142 cm³/mol. The summed E-state index contributed by atoms with van der Waals surface area (Å²) in [5.41, 5.74) is 2.15. The molecule has 0 saturated carbocycles. The first kappa shape index (κ1) is 27.5. The molecule has 10 heteroatoms. The van der Waals surface area contributed by atoms with Crippen molar-refractivity contribution in [1.29, 1.82) is 5.26 Å². The molecular formula is C29H23F3N4O2S. The highest BCUT2D eigenvalue weighted by Crippen LogP contribution is 2.36. The molecule has 1 N–H and O–H groups in total. The number of carbonyl (C=O) groups is 1. The zero-order chi connectivity index (χ0) is 28.2. The van der Waals surface area contributed by atoms with Gasteiger partial charge in [0.15, 0.2) is 0 Å². The molecule has 1 aliphatic rings. The van der Waals surface area contributed by atoms with E-state index < -0.39 is 28.4 Å². The summed E-state index contributed by atoms with van der Waals surface area (Å²) >= 11 is 0. The number of halogens is 3. The van der Waals surface area contributed by atoms with Crippen LogP contribution in [0.2, 0.25) is 0 Å². The number of amides is 1. The number of carbonyl (C=O) groups excluding carboxylic acids is 1. The Labute approximate surface area is 226 Å². The summed E-state index contributed by atoms with van der Waals surface area (Å²) in [7, 11) is -1.18. The largest absolute Gasteiger partial charge is 0.416 e. The molecule has 0 fully saturated rings. The first-order valence-electron chi connectivity index (χ1n) is 11.7. The number of alkyl halides is 3. The third-order valence-electron chi connectivity index (χ3n) is 5.99. The Hall–Kier alpha value is -4.49. The van der Waals surface area contributed by atoms with Crippen LogP contribution in [0.3, 0.4) is 0 Å². The van der Waals surface area contributed by atoms with Gasteiger partial charge in [-0.3, -0.25) is 14.0 Å². The van der Waals surface area contributed by atoms with E-state index in [1.54, 1.807) is 60.0 Å². The van der Waals surface area contributed by atoms with Gasteiger partial charge in [0.1, 0.15) is 0 Å². The van der Waals surface area contributed by atoms with Crippen LogP contribution in [-0.4, -0.2) is 26.3 Å². The lowest BCUT2D eigenvalue weighted by molar-refractivity contribution is -0.137. The van der Waals surface area contributed by atoms with Crippen LogP contribution in [0.1, 0.15) is 27.9 Å². The molecule has 1 aliphatic heterocycles. The van der Waals surface area contributed by atoms with Gasteiger partial charge in [0.05, 0.1) is 50.7 Å². The quantitative estimate of drug-likeness (QED) is 0.432. The van der Waals surface area contributed by atoms with Crippen molar-refractivity contribution >= 4 is 22.3 Å². The lowest BCUT2D eigenvalue weighted by Crippen LogP contribution is -2.29. The van der Waals surface area contributed by atoms with Crippen molar-refractivity contribution in [3.63, 3.8) is 0 Å². The summed E-state index contributed by atoms with van der Waals surface area (Å²) in [5.74, 6) is -0.479. The third kappa shape index (κ3) is 6.69. The number of hydrogen-bond donors (Lipinski definition) is 1. The van der Waals surface area contributed by atoms with Gasteiger partial charge in [0.25, 0.3) is 5.91 Å². The summed E-state index contributed by atoms with van der Waals surface area (Å²) in [4.78, 5) is 19.7. The molecule has 2 heterocycles. The smallest absolute Gasteiger partial charge is 0.348 e. The number of hydrogen-bond acceptors (Lipinski definition) is 5. The zero-order valence-electron chi connectivity index (χ0n) is 20.8. The minimum atomic E-state index is -4.53. The van der Waals surface area contributed by atoms with Gasteiger partial charge in [0, 0.05) is 37.0 Å². The maximum Gasteiger partial charge on any atom is 0.416 e. The van der Waals surface area contributed by atoms with E-state index in [4.69, 9.17) is 5.26 Å². The van der Waals surface area contributed by atoms with E-state index in [1.807, 2.05) is 0 Å². The second kappa shape index (κ2) is 11.5. The van der Waals surface area contributed by atoms with E-state index in [1.165, 1.54) is 18.3 Å². The third-order valence-corrected chi connectivity index (χ3v) is 6.90. The number of rotatable bonds is 7. The van der Waals surface area contributed by atoms with Gasteiger partial charge in [-0.05, 0) is 53.1 Å². The van der Waals surface area contributed by atoms with Crippen LogP contribution < -0.4 is 5.32 Å². The first-order valence-corrected chi connectivity index (χ1v) is 13.2. The minimum absolute atomic E-state index is 0.0817. The lowest BCUT2D eigenvalue weighted by Gasteiger charge is -2.27. The average Bonchev–Trinajstić information content (AvgIpc) is 2.92. The van der Waals surface area contributed by atoms with Crippen molar-refractivity contribution in [1.82, 2.24) is 15.2 Å². The molecule has 0 bridgehead atoms. The van der Waals surface area contributed by atoms with Crippen molar-refractivity contribution < 1.29 is 22.2 Å². The molecule has 2 aromatic carbocycles. The van der Waals surface area contributed by atoms with Crippen molar-refractivity contribution in [2.24, 2.45) is 0 Å². The summed E-state index contributed by atoms with van der Waals surface area (Å²) in [6.07, 6.45) is 1.72. The molecule has 4 rings (SSSR count). The first-order chi connectivity index (χ1) is 18.5. The van der Waals surface area contributed by atoms with Crippen LogP contribution in [0, 0.1) is 11.3 Å². The van der Waals surface area contributed by atoms with Crippen LogP contribution >= 0.6 is 0 Å². The number of pyridine rings is 1. The van der Waals surface area contributed by atoms with Gasteiger partial charge in [-0.15, -0.1) is 0 Å². The van der Waals surface area contributed by atoms with E-state index in [0.29, 0.717) is 28.3 Å². The van der Waals surface area contributed by atoms with E-state index >= 15 is 0 Å². The molecule has 0 aliphatic carbocycles. The summed E-state index contributed by atoms with van der Waals surface area (Å²) in [5, 5.41) is 11.8. The molecule has 0 saturated heterocycles. The second-order valence-electron chi connectivity index (χ2n) is 8.75. The number of nitrogens with one attached hydrogen (secondary N) is 1. The number of nitriles is 1. The molecule has 1 amide bonds. The highest BCUT2D eigenvalue weighted by molar-refractivity contribution is 7.84. The molecule has 1 atom stereocenters. The van der Waals surface area contributed by atoms with Crippen LogP contribution in [0.15, 0.2) is 102 Å². The van der Waals surface area contributed by atoms with Gasteiger partial charge in [-0.1, -0.05) is 30.8 Å². The maximum absolute atomic E-state index is 13.4. The van der Waals surface area contributed by atoms with Crippen molar-refractivity contribution in [3.8, 4) is 6.07 Å². The zero-order valence-corrected chi connectivity index (χ0v) is 21.6. The Bertz CT molecular complexity index is 1540. The molecule has 0 radical (unpaired) electrons. The Morgan fingerprint density at radius 2 is 1.87 bits per heavy atom. The van der Waals surface area contributed by atoms with Crippen LogP contribution in [0.5, 0.6) is 0 Å². The van der Waals surface area contributed by atoms with E-state index in [0.717, 1.165) is 17.7 Å². The Morgan fingerprint density at radius 1 is 1.13 bits per heavy atom. The Morgan fingerprint density at radius 3 is 2.49 bits per heavy atom. The standard InChI is InChI=1S/C29H23F3N4O2S/c1-19-26(22-4-3-5-23(12-22)29(30,31)32)17-36(16-21-8-6-20(13-33)7-9-21)18-27(19)28(37)35-14-24-10-11-25(15-34-24)39(2)38/h3-12,15,17-18H,1,14,16H2,2H3,(H,35,37). The monoisotopic (exact) mass is 548 g/mol. The lowest BCUT2D eigenvalue weighted by atomic mass is 9.91.